The molecule has 30 heavy (non-hydrogen) atoms. The molecule has 4 rings (SSSR count). The molecule has 1 aliphatic heterocycles. The Balaban J connectivity index is 1.32. The number of piperazine rings is 1. The van der Waals surface area contributed by atoms with Crippen molar-refractivity contribution in [1.29, 1.82) is 5.26 Å². The fourth-order valence-corrected chi connectivity index (χ4v) is 4.35. The highest BCUT2D eigenvalue weighted by molar-refractivity contribution is 5.78. The van der Waals surface area contributed by atoms with Crippen molar-refractivity contribution in [1.82, 2.24) is 14.8 Å². The van der Waals surface area contributed by atoms with Gasteiger partial charge >= 0.3 is 0 Å². The third kappa shape index (κ3) is 4.36. The molecule has 160 valence electrons. The lowest BCUT2D eigenvalue weighted by Crippen LogP contribution is -2.51. The number of hydrogen-bond acceptors (Lipinski definition) is 7. The maximum Gasteiger partial charge on any atom is 0.266 e. The molecule has 0 aromatic carbocycles. The summed E-state index contributed by atoms with van der Waals surface area (Å²) in [6.45, 7) is 5.57. The van der Waals surface area contributed by atoms with E-state index in [0.717, 1.165) is 31.8 Å². The van der Waals surface area contributed by atoms with Crippen LogP contribution in [0.3, 0.4) is 0 Å². The standard InChI is InChI=1S/C22H29N5O3/c1-16-5-7-17(8-6-16)25(2)20(28)15-26-9-11-27(12-10-26)22-18(14-23)24-21(30-22)19-4-3-13-29-19/h3-4,13,16-17H,5-12,15H2,1-2H3. The number of carbonyl (C=O) groups is 1. The van der Waals surface area contributed by atoms with Crippen LogP contribution in [0.15, 0.2) is 27.2 Å². The summed E-state index contributed by atoms with van der Waals surface area (Å²) in [6, 6.07) is 6.00. The summed E-state index contributed by atoms with van der Waals surface area (Å²) in [5.41, 5.74) is 0.261. The minimum atomic E-state index is 0.195. The van der Waals surface area contributed by atoms with Crippen molar-refractivity contribution in [2.24, 2.45) is 5.92 Å². The van der Waals surface area contributed by atoms with Gasteiger partial charge in [0.1, 0.15) is 6.07 Å². The highest BCUT2D eigenvalue weighted by Gasteiger charge is 2.29. The van der Waals surface area contributed by atoms with Crippen LogP contribution in [0.2, 0.25) is 0 Å². The molecule has 2 aromatic rings. The molecule has 2 aromatic heterocycles. The molecule has 1 aliphatic carbocycles. The number of oxazole rings is 1. The van der Waals surface area contributed by atoms with Crippen LogP contribution in [-0.4, -0.2) is 66.5 Å². The fourth-order valence-electron chi connectivity index (χ4n) is 4.35. The molecule has 1 amide bonds. The normalized spacial score (nSPS) is 22.6. The molecule has 8 nitrogen and oxygen atoms in total. The van der Waals surface area contributed by atoms with E-state index < -0.39 is 0 Å². The third-order valence-corrected chi connectivity index (χ3v) is 6.39. The lowest BCUT2D eigenvalue weighted by atomic mass is 9.87. The fraction of sp³-hybridized carbons (Fsp3) is 0.591. The first-order valence-corrected chi connectivity index (χ1v) is 10.7. The largest absolute Gasteiger partial charge is 0.459 e. The maximum atomic E-state index is 12.8. The Morgan fingerprint density at radius 3 is 2.63 bits per heavy atom. The van der Waals surface area contributed by atoms with Gasteiger partial charge in [-0.2, -0.15) is 10.2 Å². The molecule has 0 radical (unpaired) electrons. The van der Waals surface area contributed by atoms with Crippen molar-refractivity contribution in [2.75, 3.05) is 44.7 Å². The number of furan rings is 1. The van der Waals surface area contributed by atoms with Crippen molar-refractivity contribution in [3.8, 4) is 17.7 Å². The van der Waals surface area contributed by atoms with Gasteiger partial charge in [0.15, 0.2) is 5.76 Å². The molecule has 3 heterocycles. The van der Waals surface area contributed by atoms with E-state index in [-0.39, 0.29) is 11.6 Å². The number of anilines is 1. The predicted octanol–water partition coefficient (Wildman–Crippen LogP) is 2.97. The van der Waals surface area contributed by atoms with Crippen molar-refractivity contribution >= 4 is 11.8 Å². The lowest BCUT2D eigenvalue weighted by molar-refractivity contribution is -0.134. The number of aromatic nitrogens is 1. The van der Waals surface area contributed by atoms with E-state index in [1.165, 1.54) is 12.8 Å². The molecular formula is C22H29N5O3. The van der Waals surface area contributed by atoms with Crippen molar-refractivity contribution in [3.63, 3.8) is 0 Å². The zero-order valence-electron chi connectivity index (χ0n) is 17.7. The summed E-state index contributed by atoms with van der Waals surface area (Å²) in [5.74, 6) is 2.26. The van der Waals surface area contributed by atoms with E-state index >= 15 is 0 Å². The Morgan fingerprint density at radius 2 is 2.00 bits per heavy atom. The molecule has 0 bridgehead atoms. The lowest BCUT2D eigenvalue weighted by Gasteiger charge is -2.37. The van der Waals surface area contributed by atoms with Gasteiger partial charge in [-0.05, 0) is 43.7 Å². The Kier molecular flexibility index (Phi) is 6.09. The first-order chi connectivity index (χ1) is 14.5. The zero-order valence-corrected chi connectivity index (χ0v) is 17.7. The number of rotatable bonds is 5. The second-order valence-electron chi connectivity index (χ2n) is 8.44. The number of likely N-dealkylation sites (N-methyl/N-ethyl adjacent to an activating group) is 1. The minimum absolute atomic E-state index is 0.195. The number of nitrogens with zero attached hydrogens (tertiary/aromatic N) is 5. The zero-order chi connectivity index (χ0) is 21.1. The van der Waals surface area contributed by atoms with E-state index in [1.807, 2.05) is 16.8 Å². The summed E-state index contributed by atoms with van der Waals surface area (Å²) in [4.78, 5) is 23.2. The Hall–Kier alpha value is -2.79. The Morgan fingerprint density at radius 1 is 1.27 bits per heavy atom. The van der Waals surface area contributed by atoms with Crippen LogP contribution in [0.1, 0.15) is 38.3 Å². The molecule has 2 fully saturated rings. The topological polar surface area (TPSA) is 89.8 Å². The van der Waals surface area contributed by atoms with Crippen LogP contribution in [0.4, 0.5) is 5.88 Å². The predicted molar refractivity (Wildman–Crippen MR) is 112 cm³/mol. The number of carbonyl (C=O) groups excluding carboxylic acids is 1. The second-order valence-corrected chi connectivity index (χ2v) is 8.44. The van der Waals surface area contributed by atoms with E-state index in [4.69, 9.17) is 8.83 Å². The van der Waals surface area contributed by atoms with Crippen LogP contribution in [-0.2, 0) is 4.79 Å². The molecule has 8 heteroatoms. The van der Waals surface area contributed by atoms with Crippen molar-refractivity contribution in [2.45, 2.75) is 38.6 Å². The molecule has 0 unspecified atom stereocenters. The average Bonchev–Trinajstić information content (AvgIpc) is 3.44. The average molecular weight is 412 g/mol. The first-order valence-electron chi connectivity index (χ1n) is 10.7. The second kappa shape index (κ2) is 8.92. The Bertz CT molecular complexity index is 885. The smallest absolute Gasteiger partial charge is 0.266 e. The quantitative estimate of drug-likeness (QED) is 0.747. The van der Waals surface area contributed by atoms with Gasteiger partial charge < -0.3 is 18.6 Å². The van der Waals surface area contributed by atoms with E-state index in [2.05, 4.69) is 22.9 Å². The monoisotopic (exact) mass is 411 g/mol. The summed E-state index contributed by atoms with van der Waals surface area (Å²) < 4.78 is 11.2. The van der Waals surface area contributed by atoms with Crippen LogP contribution in [0, 0.1) is 17.2 Å². The van der Waals surface area contributed by atoms with Crippen molar-refractivity contribution < 1.29 is 13.6 Å². The van der Waals surface area contributed by atoms with Gasteiger partial charge in [0, 0.05) is 39.3 Å². The number of hydrogen-bond donors (Lipinski definition) is 0. The van der Waals surface area contributed by atoms with Crippen LogP contribution in [0.5, 0.6) is 0 Å². The SMILES string of the molecule is CC1CCC(N(C)C(=O)CN2CCN(c3oc(-c4ccco4)nc3C#N)CC2)CC1. The highest BCUT2D eigenvalue weighted by Crippen LogP contribution is 2.29. The van der Waals surface area contributed by atoms with E-state index in [9.17, 15) is 10.1 Å². The van der Waals surface area contributed by atoms with E-state index in [0.29, 0.717) is 43.2 Å². The molecular weight excluding hydrogens is 382 g/mol. The van der Waals surface area contributed by atoms with E-state index in [1.54, 1.807) is 18.4 Å². The number of nitriles is 1. The molecule has 1 saturated heterocycles. The van der Waals surface area contributed by atoms with Crippen LogP contribution >= 0.6 is 0 Å². The summed E-state index contributed by atoms with van der Waals surface area (Å²) in [7, 11) is 1.95. The van der Waals surface area contributed by atoms with Gasteiger partial charge in [-0.3, -0.25) is 9.69 Å². The summed E-state index contributed by atoms with van der Waals surface area (Å²) in [5, 5.41) is 9.44. The van der Waals surface area contributed by atoms with Crippen molar-refractivity contribution in [3.05, 3.63) is 24.1 Å². The molecule has 0 atom stereocenters. The van der Waals surface area contributed by atoms with Gasteiger partial charge in [0.25, 0.3) is 5.89 Å². The summed E-state index contributed by atoms with van der Waals surface area (Å²) >= 11 is 0. The van der Waals surface area contributed by atoms with Crippen LogP contribution in [0.25, 0.3) is 11.7 Å². The van der Waals surface area contributed by atoms with Gasteiger partial charge in [-0.1, -0.05) is 6.92 Å². The highest BCUT2D eigenvalue weighted by atomic mass is 16.4. The third-order valence-electron chi connectivity index (χ3n) is 6.39. The molecule has 1 saturated carbocycles. The molecule has 0 N–H and O–H groups in total. The minimum Gasteiger partial charge on any atom is -0.459 e. The van der Waals surface area contributed by atoms with Gasteiger partial charge in [-0.15, -0.1) is 0 Å². The summed E-state index contributed by atoms with van der Waals surface area (Å²) in [6.07, 6.45) is 6.18. The van der Waals surface area contributed by atoms with Gasteiger partial charge in [0.05, 0.1) is 12.8 Å². The maximum absolute atomic E-state index is 12.8. The molecule has 2 aliphatic rings. The first kappa shape index (κ1) is 20.5. The van der Waals surface area contributed by atoms with Gasteiger partial charge in [0.2, 0.25) is 17.5 Å². The van der Waals surface area contributed by atoms with Gasteiger partial charge in [-0.25, -0.2) is 0 Å². The van der Waals surface area contributed by atoms with Crippen LogP contribution < -0.4 is 4.90 Å². The number of amides is 1. The molecule has 0 spiro atoms. The Labute approximate surface area is 177 Å².